The van der Waals surface area contributed by atoms with Crippen molar-refractivity contribution in [2.75, 3.05) is 11.1 Å². The molecule has 0 radical (unpaired) electrons. The van der Waals surface area contributed by atoms with Gasteiger partial charge in [0.15, 0.2) is 13.0 Å². The summed E-state index contributed by atoms with van der Waals surface area (Å²) in [6.45, 7) is 3.58. The van der Waals surface area contributed by atoms with Crippen molar-refractivity contribution in [1.82, 2.24) is 10.3 Å². The summed E-state index contributed by atoms with van der Waals surface area (Å²) in [5.41, 5.74) is 7.27. The molecule has 2 heterocycles. The molecule has 0 bridgehead atoms. The van der Waals surface area contributed by atoms with Gasteiger partial charge in [0, 0.05) is 5.69 Å². The van der Waals surface area contributed by atoms with E-state index in [1.54, 1.807) is 19.1 Å². The van der Waals surface area contributed by atoms with E-state index < -0.39 is 11.2 Å². The Balaban J connectivity index is 2.00. The Hall–Kier alpha value is -4.09. The van der Waals surface area contributed by atoms with Gasteiger partial charge in [0.1, 0.15) is 28.5 Å². The maximum atomic E-state index is 12.6. The minimum absolute atomic E-state index is 0.0279. The molecule has 11 heteroatoms. The van der Waals surface area contributed by atoms with E-state index >= 15 is 0 Å². The predicted molar refractivity (Wildman–Crippen MR) is 109 cm³/mol. The van der Waals surface area contributed by atoms with Gasteiger partial charge in [0.2, 0.25) is 5.91 Å². The van der Waals surface area contributed by atoms with E-state index in [2.05, 4.69) is 20.1 Å². The highest BCUT2D eigenvalue weighted by Gasteiger charge is 2.30. The number of nitrogens with two attached hydrogens (primary N) is 1. The van der Waals surface area contributed by atoms with E-state index in [9.17, 15) is 20.4 Å². The van der Waals surface area contributed by atoms with Crippen molar-refractivity contribution in [2.24, 2.45) is 7.05 Å². The molecule has 31 heavy (non-hydrogen) atoms. The minimum Gasteiger partial charge on any atom is -0.539 e. The topological polar surface area (TPSA) is 169 Å². The van der Waals surface area contributed by atoms with E-state index in [0.717, 1.165) is 22.0 Å². The summed E-state index contributed by atoms with van der Waals surface area (Å²) in [5, 5.41) is 37.2. The number of carbonyl (C=O) groups excluding carboxylic acids is 1. The summed E-state index contributed by atoms with van der Waals surface area (Å²) < 4.78 is 5.74. The second-order valence-corrected chi connectivity index (χ2v) is 7.93. The van der Waals surface area contributed by atoms with Crippen LogP contribution < -0.4 is 20.8 Å². The van der Waals surface area contributed by atoms with E-state index in [4.69, 9.17) is 5.73 Å². The number of aromatic nitrogens is 3. The third-order valence-electron chi connectivity index (χ3n) is 4.39. The molecular weight excluding hydrogens is 418 g/mol. The largest absolute Gasteiger partial charge is 0.539 e. The molecule has 0 saturated heterocycles. The molecule has 0 spiro atoms. The molecule has 0 aliphatic heterocycles. The first-order chi connectivity index (χ1) is 14.8. The van der Waals surface area contributed by atoms with Crippen molar-refractivity contribution >= 4 is 29.2 Å². The smallest absolute Gasteiger partial charge is 0.266 e. The number of benzene rings is 1. The number of carbonyl (C=O) groups is 1. The minimum atomic E-state index is -0.831. The lowest BCUT2D eigenvalue weighted by Gasteiger charge is -2.15. The number of nitriles is 2. The van der Waals surface area contributed by atoms with Crippen LogP contribution in [0.25, 0.3) is 11.3 Å². The van der Waals surface area contributed by atoms with Crippen molar-refractivity contribution in [2.45, 2.75) is 24.1 Å². The zero-order chi connectivity index (χ0) is 22.7. The second kappa shape index (κ2) is 8.73. The standard InChI is InChI=1S/C20H17N7O3S/c1-10-4-6-12(7-5-10)24-18(28)11(2)31-19-14(9-22)15(13(8-21)17(23)25-19)16-20(29)30-26-27(16)3/h4-7,11H,1-3H3,(H3-,23,24,25,26,28,29). The number of hydrogen-bond acceptors (Lipinski definition) is 9. The van der Waals surface area contributed by atoms with Gasteiger partial charge in [-0.3, -0.25) is 4.79 Å². The number of amides is 1. The Labute approximate surface area is 181 Å². The Morgan fingerprint density at radius 3 is 2.48 bits per heavy atom. The number of anilines is 2. The summed E-state index contributed by atoms with van der Waals surface area (Å²) in [6, 6.07) is 11.1. The Morgan fingerprint density at radius 2 is 1.94 bits per heavy atom. The van der Waals surface area contributed by atoms with Gasteiger partial charge in [-0.15, -0.1) is 0 Å². The first-order valence-electron chi connectivity index (χ1n) is 8.98. The van der Waals surface area contributed by atoms with Gasteiger partial charge in [0.25, 0.3) is 5.69 Å². The Kier molecular flexibility index (Phi) is 6.09. The highest BCUT2D eigenvalue weighted by atomic mass is 32.2. The monoisotopic (exact) mass is 435 g/mol. The highest BCUT2D eigenvalue weighted by Crippen LogP contribution is 2.37. The summed E-state index contributed by atoms with van der Waals surface area (Å²) in [5.74, 6) is -1.32. The molecule has 156 valence electrons. The maximum Gasteiger partial charge on any atom is 0.266 e. The lowest BCUT2D eigenvalue weighted by atomic mass is 10.0. The van der Waals surface area contributed by atoms with Crippen LogP contribution in [-0.2, 0) is 11.8 Å². The van der Waals surface area contributed by atoms with Crippen LogP contribution in [0.3, 0.4) is 0 Å². The summed E-state index contributed by atoms with van der Waals surface area (Å²) in [6.07, 6.45) is 0. The van der Waals surface area contributed by atoms with Gasteiger partial charge in [-0.2, -0.15) is 10.5 Å². The number of nitrogens with zero attached hydrogens (tertiary/aromatic N) is 5. The molecule has 3 rings (SSSR count). The number of nitrogen functional groups attached to an aromatic ring is 1. The van der Waals surface area contributed by atoms with Crippen molar-refractivity contribution < 1.29 is 19.1 Å². The fourth-order valence-electron chi connectivity index (χ4n) is 2.80. The number of thioether (sulfide) groups is 1. The van der Waals surface area contributed by atoms with Crippen LogP contribution in [-0.4, -0.2) is 21.4 Å². The molecule has 2 aromatic heterocycles. The molecule has 0 fully saturated rings. The van der Waals surface area contributed by atoms with Gasteiger partial charge >= 0.3 is 0 Å². The normalized spacial score (nSPS) is 11.4. The highest BCUT2D eigenvalue weighted by molar-refractivity contribution is 8.00. The molecular formula is C20H17N7O3S. The lowest BCUT2D eigenvalue weighted by molar-refractivity contribution is -0.730. The van der Waals surface area contributed by atoms with Crippen molar-refractivity contribution in [3.63, 3.8) is 0 Å². The molecule has 3 aromatic rings. The molecule has 1 aromatic carbocycles. The average Bonchev–Trinajstić information content (AvgIpc) is 3.07. The van der Waals surface area contributed by atoms with Gasteiger partial charge in [0.05, 0.1) is 21.6 Å². The van der Waals surface area contributed by atoms with E-state index in [1.807, 2.05) is 31.2 Å². The zero-order valence-electron chi connectivity index (χ0n) is 16.8. The summed E-state index contributed by atoms with van der Waals surface area (Å²) in [4.78, 5) is 16.8. The number of nitrogens with one attached hydrogen (secondary N) is 1. The van der Waals surface area contributed by atoms with Crippen LogP contribution in [0, 0.1) is 29.6 Å². The average molecular weight is 435 g/mol. The van der Waals surface area contributed by atoms with E-state index in [0.29, 0.717) is 5.69 Å². The third-order valence-corrected chi connectivity index (χ3v) is 5.48. The molecule has 1 amide bonds. The first kappa shape index (κ1) is 21.6. The fourth-order valence-corrected chi connectivity index (χ4v) is 3.72. The van der Waals surface area contributed by atoms with Crippen LogP contribution >= 0.6 is 11.8 Å². The maximum absolute atomic E-state index is 12.6. The van der Waals surface area contributed by atoms with E-state index in [-0.39, 0.29) is 39.1 Å². The quantitative estimate of drug-likeness (QED) is 0.444. The van der Waals surface area contributed by atoms with Gasteiger partial charge in [-0.05, 0) is 26.0 Å². The molecule has 3 N–H and O–H groups in total. The van der Waals surface area contributed by atoms with Gasteiger partial charge in [-0.25, -0.2) is 4.98 Å². The third kappa shape index (κ3) is 4.27. The molecule has 0 aliphatic carbocycles. The Morgan fingerprint density at radius 1 is 1.29 bits per heavy atom. The van der Waals surface area contributed by atoms with Gasteiger partial charge in [-0.1, -0.05) is 34.1 Å². The molecule has 1 unspecified atom stereocenters. The number of rotatable bonds is 5. The first-order valence-corrected chi connectivity index (χ1v) is 9.86. The summed E-state index contributed by atoms with van der Waals surface area (Å²) in [7, 11) is 1.43. The second-order valence-electron chi connectivity index (χ2n) is 6.60. The van der Waals surface area contributed by atoms with Crippen LogP contribution in [0.5, 0.6) is 5.95 Å². The van der Waals surface area contributed by atoms with Crippen molar-refractivity contribution in [3.8, 4) is 29.3 Å². The fraction of sp³-hybridized carbons (Fsp3) is 0.200. The summed E-state index contributed by atoms with van der Waals surface area (Å²) >= 11 is 0.984. The van der Waals surface area contributed by atoms with Crippen LogP contribution in [0.4, 0.5) is 11.5 Å². The van der Waals surface area contributed by atoms with Crippen molar-refractivity contribution in [1.29, 1.82) is 10.5 Å². The molecule has 1 atom stereocenters. The lowest BCUT2D eigenvalue weighted by Crippen LogP contribution is -2.32. The van der Waals surface area contributed by atoms with E-state index in [1.165, 1.54) is 7.05 Å². The number of aryl methyl sites for hydroxylation is 2. The van der Waals surface area contributed by atoms with Crippen LogP contribution in [0.1, 0.15) is 23.6 Å². The zero-order valence-corrected chi connectivity index (χ0v) is 17.6. The number of hydrogen-bond donors (Lipinski definition) is 2. The SMILES string of the molecule is Cc1ccc(NC(=O)C(C)Sc2nc(N)c(C#N)c(-c3c([O-])on[n+]3C)c2C#N)cc1. The van der Waals surface area contributed by atoms with Crippen LogP contribution in [0.15, 0.2) is 33.8 Å². The van der Waals surface area contributed by atoms with Gasteiger partial charge < -0.3 is 20.7 Å². The van der Waals surface area contributed by atoms with Crippen LogP contribution in [0.2, 0.25) is 0 Å². The predicted octanol–water partition coefficient (Wildman–Crippen LogP) is 1.39. The number of pyridine rings is 1. The molecule has 10 nitrogen and oxygen atoms in total. The molecule has 0 saturated carbocycles. The Bertz CT molecular complexity index is 1220. The van der Waals surface area contributed by atoms with Crippen molar-refractivity contribution in [3.05, 3.63) is 41.0 Å². The molecule has 0 aliphatic rings.